The minimum absolute atomic E-state index is 0.0666. The third-order valence-corrected chi connectivity index (χ3v) is 9.61. The van der Waals surface area contributed by atoms with E-state index in [0.29, 0.717) is 61.1 Å². The number of fused-ring (bicyclic) bond motifs is 1. The van der Waals surface area contributed by atoms with Gasteiger partial charge >= 0.3 is 6.18 Å². The highest BCUT2D eigenvalue weighted by Crippen LogP contribution is 2.37. The summed E-state index contributed by atoms with van der Waals surface area (Å²) in [7, 11) is -4.30. The number of carbonyl (C=O) groups is 1. The first-order chi connectivity index (χ1) is 20.3. The number of halogens is 4. The molecule has 0 saturated carbocycles. The fraction of sp³-hybridized carbons (Fsp3) is 0.333. The number of alkyl halides is 3. The van der Waals surface area contributed by atoms with Crippen LogP contribution in [0.15, 0.2) is 65.3 Å². The molecular formula is C30H30ClF3N4O4S. The lowest BCUT2D eigenvalue weighted by Crippen LogP contribution is -2.47. The summed E-state index contributed by atoms with van der Waals surface area (Å²) < 4.78 is 68.2. The minimum atomic E-state index is -4.42. The highest BCUT2D eigenvalue weighted by Gasteiger charge is 2.43. The quantitative estimate of drug-likeness (QED) is 0.275. The minimum Gasteiger partial charge on any atom is -0.505 e. The SMILES string of the molecule is Cc1cc(C)c2c(n1)S(=O)(=O)N(CCCN1CCN(c3cccc(C(F)(F)F)c3)CC1)/C(=C(/O)c1ccc(Cl)cc1)C2=O. The number of carbonyl (C=O) groups excluding carboxylic acids is 1. The topological polar surface area (TPSA) is 94.1 Å². The third-order valence-electron chi connectivity index (χ3n) is 7.63. The molecule has 5 rings (SSSR count). The molecule has 1 saturated heterocycles. The number of hydrogen-bond acceptors (Lipinski definition) is 7. The van der Waals surface area contributed by atoms with Gasteiger partial charge in [0.05, 0.1) is 11.1 Å². The molecule has 13 heteroatoms. The average molecular weight is 635 g/mol. The van der Waals surface area contributed by atoms with Crippen molar-refractivity contribution in [1.82, 2.24) is 14.2 Å². The van der Waals surface area contributed by atoms with E-state index in [4.69, 9.17) is 11.6 Å². The number of aromatic nitrogens is 1. The number of aliphatic hydroxyl groups excluding tert-OH is 1. The number of allylic oxidation sites excluding steroid dienone is 1. The molecule has 0 radical (unpaired) electrons. The van der Waals surface area contributed by atoms with Gasteiger partial charge in [-0.15, -0.1) is 0 Å². The second-order valence-electron chi connectivity index (χ2n) is 10.6. The van der Waals surface area contributed by atoms with Crippen LogP contribution in [0, 0.1) is 13.8 Å². The second-order valence-corrected chi connectivity index (χ2v) is 12.8. The lowest BCUT2D eigenvalue weighted by atomic mass is 10.0. The van der Waals surface area contributed by atoms with Gasteiger partial charge in [0.1, 0.15) is 5.70 Å². The van der Waals surface area contributed by atoms with E-state index < -0.39 is 33.3 Å². The first kappa shape index (κ1) is 30.8. The van der Waals surface area contributed by atoms with Crippen molar-refractivity contribution >= 4 is 38.9 Å². The van der Waals surface area contributed by atoms with Crippen molar-refractivity contribution in [2.24, 2.45) is 0 Å². The summed E-state index contributed by atoms with van der Waals surface area (Å²) in [6, 6.07) is 12.9. The van der Waals surface area contributed by atoms with E-state index in [1.165, 1.54) is 30.3 Å². The van der Waals surface area contributed by atoms with Crippen LogP contribution in [-0.4, -0.2) is 72.8 Å². The van der Waals surface area contributed by atoms with Gasteiger partial charge in [0.2, 0.25) is 5.78 Å². The van der Waals surface area contributed by atoms with Crippen LogP contribution in [0.25, 0.3) is 5.76 Å². The molecule has 2 aliphatic rings. The smallest absolute Gasteiger partial charge is 0.416 e. The van der Waals surface area contributed by atoms with E-state index in [0.717, 1.165) is 16.4 Å². The standard InChI is InChI=1S/C30H30ClF3N4O4S/c1-19-17-20(2)35-29-25(19)28(40)26(27(39)21-7-9-23(31)10-8-21)38(43(29,41)42)12-4-11-36-13-15-37(16-14-36)24-6-3-5-22(18-24)30(32,33)34/h3,5-10,17-18,39H,4,11-16H2,1-2H3/b27-26+. The van der Waals surface area contributed by atoms with Gasteiger partial charge < -0.3 is 10.0 Å². The molecule has 0 spiro atoms. The number of hydrogen-bond donors (Lipinski definition) is 1. The summed E-state index contributed by atoms with van der Waals surface area (Å²) in [5.74, 6) is -1.12. The summed E-state index contributed by atoms with van der Waals surface area (Å²) >= 11 is 5.99. The maximum absolute atomic E-state index is 13.9. The zero-order valence-electron chi connectivity index (χ0n) is 23.5. The molecule has 2 aliphatic heterocycles. The van der Waals surface area contributed by atoms with E-state index in [2.05, 4.69) is 9.88 Å². The maximum Gasteiger partial charge on any atom is 0.416 e. The number of pyridine rings is 1. The number of sulfonamides is 1. The Bertz CT molecular complexity index is 1690. The van der Waals surface area contributed by atoms with Gasteiger partial charge in [-0.1, -0.05) is 17.7 Å². The highest BCUT2D eigenvalue weighted by atomic mass is 35.5. The van der Waals surface area contributed by atoms with Gasteiger partial charge in [-0.2, -0.15) is 21.6 Å². The summed E-state index contributed by atoms with van der Waals surface area (Å²) in [4.78, 5) is 22.0. The van der Waals surface area contributed by atoms with Crippen LogP contribution in [0.5, 0.6) is 0 Å². The molecule has 3 aromatic rings. The molecule has 43 heavy (non-hydrogen) atoms. The fourth-order valence-electron chi connectivity index (χ4n) is 5.47. The molecule has 1 aromatic heterocycles. The number of aliphatic hydroxyl groups is 1. The summed E-state index contributed by atoms with van der Waals surface area (Å²) in [5.41, 5.74) is 0.505. The van der Waals surface area contributed by atoms with Crippen LogP contribution in [0.2, 0.25) is 5.02 Å². The summed E-state index contributed by atoms with van der Waals surface area (Å²) in [5, 5.41) is 11.3. The Labute approximate surface area is 253 Å². The van der Waals surface area contributed by atoms with Crippen molar-refractivity contribution in [3.8, 4) is 0 Å². The normalized spacial score (nSPS) is 18.5. The van der Waals surface area contributed by atoms with Crippen molar-refractivity contribution < 1.29 is 31.5 Å². The molecular weight excluding hydrogens is 605 g/mol. The molecule has 2 aromatic carbocycles. The Balaban J connectivity index is 1.35. The summed E-state index contributed by atoms with van der Waals surface area (Å²) in [6.45, 7) is 5.77. The lowest BCUT2D eigenvalue weighted by molar-refractivity contribution is -0.137. The van der Waals surface area contributed by atoms with Gasteiger partial charge in [0.15, 0.2) is 10.8 Å². The second kappa shape index (κ2) is 11.8. The molecule has 1 N–H and O–H groups in total. The first-order valence-corrected chi connectivity index (χ1v) is 15.5. The Morgan fingerprint density at radius 3 is 2.33 bits per heavy atom. The van der Waals surface area contributed by atoms with Crippen LogP contribution in [0.3, 0.4) is 0 Å². The Hall–Kier alpha value is -3.61. The van der Waals surface area contributed by atoms with Gasteiger partial charge in [-0.3, -0.25) is 14.0 Å². The number of nitrogens with zero attached hydrogens (tertiary/aromatic N) is 4. The van der Waals surface area contributed by atoms with Gasteiger partial charge in [-0.05, 0) is 74.4 Å². The maximum atomic E-state index is 13.9. The average Bonchev–Trinajstić information content (AvgIpc) is 2.95. The highest BCUT2D eigenvalue weighted by molar-refractivity contribution is 7.89. The predicted octanol–water partition coefficient (Wildman–Crippen LogP) is 5.70. The Kier molecular flexibility index (Phi) is 8.47. The van der Waals surface area contributed by atoms with E-state index in [1.807, 2.05) is 4.90 Å². The number of rotatable bonds is 6. The van der Waals surface area contributed by atoms with Gasteiger partial charge in [0.25, 0.3) is 10.0 Å². The molecule has 0 bridgehead atoms. The zero-order valence-corrected chi connectivity index (χ0v) is 25.1. The van der Waals surface area contributed by atoms with Crippen molar-refractivity contribution in [3.63, 3.8) is 0 Å². The molecule has 3 heterocycles. The van der Waals surface area contributed by atoms with Gasteiger partial charge in [0, 0.05) is 61.2 Å². The van der Waals surface area contributed by atoms with E-state index in [9.17, 15) is 31.5 Å². The third kappa shape index (κ3) is 6.22. The van der Waals surface area contributed by atoms with Crippen LogP contribution in [0.4, 0.5) is 18.9 Å². The Morgan fingerprint density at radius 1 is 1.00 bits per heavy atom. The van der Waals surface area contributed by atoms with Crippen molar-refractivity contribution in [2.45, 2.75) is 31.5 Å². The van der Waals surface area contributed by atoms with Crippen LogP contribution < -0.4 is 4.90 Å². The van der Waals surface area contributed by atoms with Crippen LogP contribution in [-0.2, 0) is 16.2 Å². The lowest BCUT2D eigenvalue weighted by Gasteiger charge is -2.37. The first-order valence-electron chi connectivity index (χ1n) is 13.7. The molecule has 0 unspecified atom stereocenters. The molecule has 0 atom stereocenters. The molecule has 0 amide bonds. The number of Topliss-reactive ketones (excluding diaryl/α,β-unsaturated/α-hetero) is 1. The molecule has 8 nitrogen and oxygen atoms in total. The van der Waals surface area contributed by atoms with Crippen LogP contribution in [0.1, 0.15) is 39.2 Å². The number of ketones is 1. The van der Waals surface area contributed by atoms with Crippen molar-refractivity contribution in [2.75, 3.05) is 44.2 Å². The van der Waals surface area contributed by atoms with E-state index in [-0.39, 0.29) is 28.4 Å². The summed E-state index contributed by atoms with van der Waals surface area (Å²) in [6.07, 6.45) is -4.09. The molecule has 0 aliphatic carbocycles. The zero-order chi connectivity index (χ0) is 31.1. The Morgan fingerprint density at radius 2 is 1.67 bits per heavy atom. The molecule has 1 fully saturated rings. The van der Waals surface area contributed by atoms with Crippen molar-refractivity contribution in [1.29, 1.82) is 0 Å². The number of aryl methyl sites for hydroxylation is 2. The predicted molar refractivity (Wildman–Crippen MR) is 158 cm³/mol. The van der Waals surface area contributed by atoms with Gasteiger partial charge in [-0.25, -0.2) is 4.98 Å². The number of piperazine rings is 1. The largest absolute Gasteiger partial charge is 0.505 e. The van der Waals surface area contributed by atoms with Crippen molar-refractivity contribution in [3.05, 3.63) is 93.3 Å². The fourth-order valence-corrected chi connectivity index (χ4v) is 7.36. The monoisotopic (exact) mass is 634 g/mol. The van der Waals surface area contributed by atoms with E-state index in [1.54, 1.807) is 26.0 Å². The number of anilines is 1. The molecule has 228 valence electrons. The van der Waals surface area contributed by atoms with E-state index >= 15 is 0 Å². The number of benzene rings is 2. The van der Waals surface area contributed by atoms with Crippen LogP contribution >= 0.6 is 11.6 Å².